The molecule has 0 saturated carbocycles. The highest BCUT2D eigenvalue weighted by molar-refractivity contribution is 5.92. The van der Waals surface area contributed by atoms with E-state index in [0.717, 1.165) is 77.7 Å². The average Bonchev–Trinajstić information content (AvgIpc) is 2.84. The van der Waals surface area contributed by atoms with Gasteiger partial charge in [0.05, 0.1) is 26.4 Å². The molecule has 0 radical (unpaired) electrons. The van der Waals surface area contributed by atoms with Crippen molar-refractivity contribution in [3.63, 3.8) is 0 Å². The first-order chi connectivity index (χ1) is 15.5. The molecule has 3 aliphatic heterocycles. The van der Waals surface area contributed by atoms with Crippen LogP contribution >= 0.6 is 0 Å². The maximum Gasteiger partial charge on any atom is 0.270 e. The lowest BCUT2D eigenvalue weighted by atomic mass is 9.79. The fourth-order valence-electron chi connectivity index (χ4n) is 4.56. The SMILES string of the molecule is CC(C)c1cc(C(=O)NCC2(CN3CCOCC3)CCOCC2)nc(N2CCOCC2)n1. The Morgan fingerprint density at radius 2 is 1.62 bits per heavy atom. The Kier molecular flexibility index (Phi) is 7.93. The van der Waals surface area contributed by atoms with E-state index in [0.29, 0.717) is 31.4 Å². The van der Waals surface area contributed by atoms with Gasteiger partial charge in [-0.3, -0.25) is 9.69 Å². The summed E-state index contributed by atoms with van der Waals surface area (Å²) >= 11 is 0. The highest BCUT2D eigenvalue weighted by Gasteiger charge is 2.35. The smallest absolute Gasteiger partial charge is 0.270 e. The average molecular weight is 448 g/mol. The van der Waals surface area contributed by atoms with Crippen molar-refractivity contribution in [3.8, 4) is 0 Å². The molecule has 3 saturated heterocycles. The fourth-order valence-corrected chi connectivity index (χ4v) is 4.56. The van der Waals surface area contributed by atoms with Crippen LogP contribution in [-0.4, -0.2) is 99.7 Å². The molecule has 0 aliphatic carbocycles. The number of hydrogen-bond acceptors (Lipinski definition) is 8. The molecule has 1 aromatic heterocycles. The third-order valence-electron chi connectivity index (χ3n) is 6.69. The van der Waals surface area contributed by atoms with Crippen molar-refractivity contribution in [2.45, 2.75) is 32.6 Å². The number of morpholine rings is 2. The molecular weight excluding hydrogens is 410 g/mol. The number of hydrogen-bond donors (Lipinski definition) is 1. The molecule has 1 N–H and O–H groups in total. The third kappa shape index (κ3) is 5.95. The first-order valence-electron chi connectivity index (χ1n) is 11.9. The highest BCUT2D eigenvalue weighted by Crippen LogP contribution is 2.31. The summed E-state index contributed by atoms with van der Waals surface area (Å²) in [7, 11) is 0. The molecule has 1 amide bonds. The van der Waals surface area contributed by atoms with Gasteiger partial charge in [-0.15, -0.1) is 0 Å². The Balaban J connectivity index is 1.47. The summed E-state index contributed by atoms with van der Waals surface area (Å²) < 4.78 is 16.6. The maximum absolute atomic E-state index is 13.2. The van der Waals surface area contributed by atoms with Gasteiger partial charge in [-0.25, -0.2) is 9.97 Å². The molecule has 0 spiro atoms. The Morgan fingerprint density at radius 3 is 2.28 bits per heavy atom. The summed E-state index contributed by atoms with van der Waals surface area (Å²) in [6, 6.07) is 1.84. The van der Waals surface area contributed by atoms with E-state index in [9.17, 15) is 4.79 Å². The summed E-state index contributed by atoms with van der Waals surface area (Å²) in [5.41, 5.74) is 1.35. The summed E-state index contributed by atoms with van der Waals surface area (Å²) in [5.74, 6) is 0.711. The van der Waals surface area contributed by atoms with Gasteiger partial charge in [-0.1, -0.05) is 13.8 Å². The number of ether oxygens (including phenoxy) is 3. The largest absolute Gasteiger partial charge is 0.381 e. The van der Waals surface area contributed by atoms with Crippen molar-refractivity contribution in [3.05, 3.63) is 17.5 Å². The van der Waals surface area contributed by atoms with E-state index in [4.69, 9.17) is 19.2 Å². The van der Waals surface area contributed by atoms with Crippen molar-refractivity contribution in [2.24, 2.45) is 5.41 Å². The molecule has 3 aliphatic rings. The van der Waals surface area contributed by atoms with E-state index < -0.39 is 0 Å². The molecule has 178 valence electrons. The quantitative estimate of drug-likeness (QED) is 0.669. The van der Waals surface area contributed by atoms with E-state index in [1.807, 2.05) is 6.07 Å². The zero-order valence-electron chi connectivity index (χ0n) is 19.5. The first-order valence-corrected chi connectivity index (χ1v) is 11.9. The number of anilines is 1. The van der Waals surface area contributed by atoms with Gasteiger partial charge >= 0.3 is 0 Å². The molecule has 0 unspecified atom stereocenters. The van der Waals surface area contributed by atoms with Gasteiger partial charge in [0.15, 0.2) is 0 Å². The number of aromatic nitrogens is 2. The van der Waals surface area contributed by atoms with Crippen LogP contribution in [0.5, 0.6) is 0 Å². The normalized spacial score (nSPS) is 22.2. The van der Waals surface area contributed by atoms with E-state index in [1.165, 1.54) is 0 Å². The molecule has 0 atom stereocenters. The minimum atomic E-state index is -0.128. The van der Waals surface area contributed by atoms with Gasteiger partial charge in [-0.2, -0.15) is 0 Å². The summed E-state index contributed by atoms with van der Waals surface area (Å²) in [6.45, 7) is 13.5. The van der Waals surface area contributed by atoms with Crippen molar-refractivity contribution >= 4 is 11.9 Å². The van der Waals surface area contributed by atoms with Gasteiger partial charge in [0, 0.05) is 63.6 Å². The minimum absolute atomic E-state index is 0.0200. The zero-order chi connectivity index (χ0) is 22.4. The Hall–Kier alpha value is -1.81. The van der Waals surface area contributed by atoms with Crippen molar-refractivity contribution in [1.82, 2.24) is 20.2 Å². The lowest BCUT2D eigenvalue weighted by Crippen LogP contribution is -2.51. The third-order valence-corrected chi connectivity index (χ3v) is 6.69. The van der Waals surface area contributed by atoms with Gasteiger partial charge in [-0.05, 0) is 24.8 Å². The summed E-state index contributed by atoms with van der Waals surface area (Å²) in [6.07, 6.45) is 1.90. The molecule has 4 rings (SSSR count). The standard InChI is InChI=1S/C23H37N5O4/c1-18(2)19-15-20(26-22(25-19)28-7-13-32-14-8-28)21(29)24-16-23(3-9-30-10-4-23)17-27-5-11-31-12-6-27/h15,18H,3-14,16-17H2,1-2H3,(H,24,29). The number of amides is 1. The van der Waals surface area contributed by atoms with E-state index in [1.54, 1.807) is 0 Å². The van der Waals surface area contributed by atoms with Crippen LogP contribution in [0.3, 0.4) is 0 Å². The molecule has 4 heterocycles. The van der Waals surface area contributed by atoms with Crippen molar-refractivity contribution in [2.75, 3.05) is 83.8 Å². The van der Waals surface area contributed by atoms with Crippen molar-refractivity contribution in [1.29, 1.82) is 0 Å². The van der Waals surface area contributed by atoms with Gasteiger partial charge in [0.25, 0.3) is 5.91 Å². The topological polar surface area (TPSA) is 89.1 Å². The van der Waals surface area contributed by atoms with Crippen LogP contribution < -0.4 is 10.2 Å². The Labute approximate surface area is 190 Å². The number of carbonyl (C=O) groups is 1. The lowest BCUT2D eigenvalue weighted by Gasteiger charge is -2.42. The van der Waals surface area contributed by atoms with Crippen LogP contribution in [0.2, 0.25) is 0 Å². The predicted molar refractivity (Wildman–Crippen MR) is 121 cm³/mol. The molecule has 1 aromatic rings. The number of nitrogens with one attached hydrogen (secondary N) is 1. The van der Waals surface area contributed by atoms with Gasteiger partial charge in [0.1, 0.15) is 5.69 Å². The Bertz CT molecular complexity index is 757. The zero-order valence-corrected chi connectivity index (χ0v) is 19.5. The maximum atomic E-state index is 13.2. The fraction of sp³-hybridized carbons (Fsp3) is 0.783. The van der Waals surface area contributed by atoms with Crippen LogP contribution in [0.1, 0.15) is 48.8 Å². The molecule has 0 aromatic carbocycles. The van der Waals surface area contributed by atoms with Crippen LogP contribution in [0.15, 0.2) is 6.07 Å². The van der Waals surface area contributed by atoms with Crippen LogP contribution in [0, 0.1) is 5.41 Å². The first kappa shape index (κ1) is 23.4. The lowest BCUT2D eigenvalue weighted by molar-refractivity contribution is -0.0283. The number of carbonyl (C=O) groups excluding carboxylic acids is 1. The second-order valence-electron chi connectivity index (χ2n) is 9.42. The van der Waals surface area contributed by atoms with E-state index in [2.05, 4.69) is 33.9 Å². The van der Waals surface area contributed by atoms with Crippen molar-refractivity contribution < 1.29 is 19.0 Å². The van der Waals surface area contributed by atoms with E-state index in [-0.39, 0.29) is 17.2 Å². The monoisotopic (exact) mass is 447 g/mol. The highest BCUT2D eigenvalue weighted by atomic mass is 16.5. The molecule has 9 heteroatoms. The molecular formula is C23H37N5O4. The van der Waals surface area contributed by atoms with Gasteiger partial charge < -0.3 is 24.4 Å². The second kappa shape index (κ2) is 10.9. The Morgan fingerprint density at radius 1 is 1.00 bits per heavy atom. The van der Waals surface area contributed by atoms with Crippen LogP contribution in [0.4, 0.5) is 5.95 Å². The molecule has 9 nitrogen and oxygen atoms in total. The summed E-state index contributed by atoms with van der Waals surface area (Å²) in [4.78, 5) is 27.1. The second-order valence-corrected chi connectivity index (χ2v) is 9.42. The van der Waals surface area contributed by atoms with Gasteiger partial charge in [0.2, 0.25) is 5.95 Å². The number of rotatable bonds is 7. The summed E-state index contributed by atoms with van der Waals surface area (Å²) in [5, 5.41) is 3.21. The molecule has 3 fully saturated rings. The van der Waals surface area contributed by atoms with Crippen LogP contribution in [-0.2, 0) is 14.2 Å². The number of nitrogens with zero attached hydrogens (tertiary/aromatic N) is 4. The molecule has 0 bridgehead atoms. The van der Waals surface area contributed by atoms with Crippen LogP contribution in [0.25, 0.3) is 0 Å². The minimum Gasteiger partial charge on any atom is -0.381 e. The van der Waals surface area contributed by atoms with E-state index >= 15 is 0 Å². The predicted octanol–water partition coefficient (Wildman–Crippen LogP) is 1.30. The molecule has 32 heavy (non-hydrogen) atoms.